The maximum Gasteiger partial charge on any atom is 0.257 e. The second-order valence-corrected chi connectivity index (χ2v) is 9.89. The number of sulfone groups is 1. The third kappa shape index (κ3) is 5.56. The van der Waals surface area contributed by atoms with Crippen LogP contribution in [-0.4, -0.2) is 30.5 Å². The third-order valence-electron chi connectivity index (χ3n) is 3.89. The van der Waals surface area contributed by atoms with Gasteiger partial charge in [-0.15, -0.1) is 0 Å². The van der Waals surface area contributed by atoms with Gasteiger partial charge in [0.2, 0.25) is 0 Å². The van der Waals surface area contributed by atoms with Crippen molar-refractivity contribution in [3.8, 4) is 0 Å². The Kier molecular flexibility index (Phi) is 6.26. The van der Waals surface area contributed by atoms with E-state index in [1.807, 2.05) is 32.0 Å². The summed E-state index contributed by atoms with van der Waals surface area (Å²) >= 11 is 7.50. The number of hydrogen-bond acceptors (Lipinski definition) is 6. The van der Waals surface area contributed by atoms with Crippen LogP contribution in [0, 0.1) is 13.8 Å². The summed E-state index contributed by atoms with van der Waals surface area (Å²) in [5.74, 6) is -0.487. The second-order valence-electron chi connectivity index (χ2n) is 6.43. The highest BCUT2D eigenvalue weighted by Crippen LogP contribution is 2.27. The Morgan fingerprint density at radius 2 is 1.62 bits per heavy atom. The molecule has 29 heavy (non-hydrogen) atoms. The molecule has 0 aliphatic heterocycles. The van der Waals surface area contributed by atoms with Gasteiger partial charge in [-0.2, -0.15) is 0 Å². The maximum absolute atomic E-state index is 12.5. The predicted molar refractivity (Wildman–Crippen MR) is 115 cm³/mol. The standard InChI is InChI=1S/C20H18ClN3O3S2/c1-12-10-13(2)23-20(22-12)28-15-6-4-14(5-7-15)24-19(25)17-11-16(29(3,26)27)8-9-18(17)21/h4-11H,1-3H3,(H,24,25). The van der Waals surface area contributed by atoms with E-state index in [0.29, 0.717) is 10.8 Å². The normalized spacial score (nSPS) is 11.3. The molecule has 0 bridgehead atoms. The van der Waals surface area contributed by atoms with Crippen molar-refractivity contribution in [1.29, 1.82) is 0 Å². The number of halogens is 1. The SMILES string of the molecule is Cc1cc(C)nc(Sc2ccc(NC(=O)c3cc(S(C)(=O)=O)ccc3Cl)cc2)n1. The number of carbonyl (C=O) groups excluding carboxylic acids is 1. The molecule has 0 spiro atoms. The van der Waals surface area contributed by atoms with Crippen LogP contribution in [0.3, 0.4) is 0 Å². The number of aromatic nitrogens is 2. The minimum Gasteiger partial charge on any atom is -0.322 e. The van der Waals surface area contributed by atoms with E-state index in [1.54, 1.807) is 12.1 Å². The average Bonchev–Trinajstić information content (AvgIpc) is 2.62. The Labute approximate surface area is 178 Å². The van der Waals surface area contributed by atoms with Gasteiger partial charge >= 0.3 is 0 Å². The number of benzene rings is 2. The largest absolute Gasteiger partial charge is 0.322 e. The fourth-order valence-corrected chi connectivity index (χ4v) is 4.27. The molecule has 3 aromatic rings. The van der Waals surface area contributed by atoms with Gasteiger partial charge in [0.15, 0.2) is 15.0 Å². The Bertz CT molecular complexity index is 1160. The van der Waals surface area contributed by atoms with Crippen molar-refractivity contribution in [3.05, 3.63) is 70.5 Å². The number of aryl methyl sites for hydroxylation is 2. The van der Waals surface area contributed by atoms with Gasteiger partial charge in [-0.1, -0.05) is 11.6 Å². The van der Waals surface area contributed by atoms with Gasteiger partial charge < -0.3 is 5.32 Å². The zero-order valence-corrected chi connectivity index (χ0v) is 18.3. The first-order valence-electron chi connectivity index (χ1n) is 8.53. The number of rotatable bonds is 5. The van der Waals surface area contributed by atoms with Crippen molar-refractivity contribution >= 4 is 44.8 Å². The molecule has 1 N–H and O–H groups in total. The number of anilines is 1. The van der Waals surface area contributed by atoms with Gasteiger partial charge in [0.25, 0.3) is 5.91 Å². The molecular weight excluding hydrogens is 430 g/mol. The molecule has 2 aromatic carbocycles. The fraction of sp³-hybridized carbons (Fsp3) is 0.150. The third-order valence-corrected chi connectivity index (χ3v) is 6.21. The lowest BCUT2D eigenvalue weighted by Crippen LogP contribution is -2.13. The molecule has 0 aliphatic carbocycles. The van der Waals surface area contributed by atoms with Gasteiger partial charge in [-0.25, -0.2) is 18.4 Å². The molecule has 0 radical (unpaired) electrons. The van der Waals surface area contributed by atoms with Gasteiger partial charge in [-0.3, -0.25) is 4.79 Å². The van der Waals surface area contributed by atoms with E-state index in [4.69, 9.17) is 11.6 Å². The molecule has 0 aliphatic rings. The van der Waals surface area contributed by atoms with Gasteiger partial charge in [-0.05, 0) is 74.1 Å². The van der Waals surface area contributed by atoms with Crippen LogP contribution in [-0.2, 0) is 9.84 Å². The zero-order chi connectivity index (χ0) is 21.2. The number of amides is 1. The summed E-state index contributed by atoms with van der Waals surface area (Å²) in [4.78, 5) is 22.3. The summed E-state index contributed by atoms with van der Waals surface area (Å²) in [5.41, 5.74) is 2.45. The molecule has 1 amide bonds. The van der Waals surface area contributed by atoms with Crippen molar-refractivity contribution in [2.45, 2.75) is 28.8 Å². The van der Waals surface area contributed by atoms with E-state index in [2.05, 4.69) is 15.3 Å². The summed E-state index contributed by atoms with van der Waals surface area (Å²) in [6.45, 7) is 3.84. The molecule has 0 atom stereocenters. The van der Waals surface area contributed by atoms with Crippen LogP contribution in [0.1, 0.15) is 21.7 Å². The molecule has 0 fully saturated rings. The molecule has 3 rings (SSSR count). The lowest BCUT2D eigenvalue weighted by molar-refractivity contribution is 0.102. The van der Waals surface area contributed by atoms with E-state index in [-0.39, 0.29) is 15.5 Å². The molecular formula is C20H18ClN3O3S2. The van der Waals surface area contributed by atoms with Crippen LogP contribution in [0.5, 0.6) is 0 Å². The van der Waals surface area contributed by atoms with Crippen molar-refractivity contribution in [2.24, 2.45) is 0 Å². The maximum atomic E-state index is 12.5. The zero-order valence-electron chi connectivity index (χ0n) is 15.9. The minimum absolute atomic E-state index is 0.0345. The number of hydrogen-bond donors (Lipinski definition) is 1. The van der Waals surface area contributed by atoms with Crippen molar-refractivity contribution in [2.75, 3.05) is 11.6 Å². The summed E-state index contributed by atoms with van der Waals surface area (Å²) in [6.07, 6.45) is 1.08. The van der Waals surface area contributed by atoms with Gasteiger partial charge in [0, 0.05) is 28.2 Å². The molecule has 9 heteroatoms. The molecule has 1 heterocycles. The smallest absolute Gasteiger partial charge is 0.257 e. The summed E-state index contributed by atoms with van der Waals surface area (Å²) < 4.78 is 23.4. The highest BCUT2D eigenvalue weighted by molar-refractivity contribution is 7.99. The lowest BCUT2D eigenvalue weighted by Gasteiger charge is -2.09. The Morgan fingerprint density at radius 3 is 2.21 bits per heavy atom. The van der Waals surface area contributed by atoms with Crippen LogP contribution in [0.4, 0.5) is 5.69 Å². The first-order valence-corrected chi connectivity index (χ1v) is 11.6. The monoisotopic (exact) mass is 447 g/mol. The minimum atomic E-state index is -3.44. The highest BCUT2D eigenvalue weighted by Gasteiger charge is 2.16. The molecule has 0 saturated carbocycles. The van der Waals surface area contributed by atoms with Crippen molar-refractivity contribution in [3.63, 3.8) is 0 Å². The Morgan fingerprint density at radius 1 is 1.00 bits per heavy atom. The first kappa shape index (κ1) is 21.3. The van der Waals surface area contributed by atoms with Gasteiger partial charge in [0.05, 0.1) is 15.5 Å². The van der Waals surface area contributed by atoms with E-state index in [9.17, 15) is 13.2 Å². The summed E-state index contributed by atoms with van der Waals surface area (Å²) in [6, 6.07) is 13.1. The fourth-order valence-electron chi connectivity index (χ4n) is 2.56. The number of nitrogens with one attached hydrogen (secondary N) is 1. The van der Waals surface area contributed by atoms with Crippen LogP contribution in [0.2, 0.25) is 5.02 Å². The van der Waals surface area contributed by atoms with Crippen LogP contribution < -0.4 is 5.32 Å². The molecule has 1 aromatic heterocycles. The summed E-state index contributed by atoms with van der Waals surface area (Å²) in [7, 11) is -3.44. The highest BCUT2D eigenvalue weighted by atomic mass is 35.5. The van der Waals surface area contributed by atoms with Crippen molar-refractivity contribution in [1.82, 2.24) is 9.97 Å². The first-order chi connectivity index (χ1) is 13.6. The van der Waals surface area contributed by atoms with Crippen molar-refractivity contribution < 1.29 is 13.2 Å². The summed E-state index contributed by atoms with van der Waals surface area (Å²) in [5, 5.41) is 3.56. The average molecular weight is 448 g/mol. The second kappa shape index (κ2) is 8.52. The lowest BCUT2D eigenvalue weighted by atomic mass is 10.2. The molecule has 150 valence electrons. The molecule has 0 saturated heterocycles. The Hall–Kier alpha value is -2.42. The van der Waals surface area contributed by atoms with E-state index in [1.165, 1.54) is 30.0 Å². The molecule has 0 unspecified atom stereocenters. The van der Waals surface area contributed by atoms with E-state index < -0.39 is 15.7 Å². The predicted octanol–water partition coefficient (Wildman–Crippen LogP) is 4.55. The van der Waals surface area contributed by atoms with E-state index >= 15 is 0 Å². The Balaban J connectivity index is 1.75. The number of carbonyl (C=O) groups is 1. The van der Waals surface area contributed by atoms with Crippen LogP contribution in [0.25, 0.3) is 0 Å². The van der Waals surface area contributed by atoms with Gasteiger partial charge in [0.1, 0.15) is 0 Å². The van der Waals surface area contributed by atoms with Crippen LogP contribution >= 0.6 is 23.4 Å². The number of nitrogens with zero attached hydrogens (tertiary/aromatic N) is 2. The topological polar surface area (TPSA) is 89.0 Å². The van der Waals surface area contributed by atoms with Crippen LogP contribution in [0.15, 0.2) is 63.5 Å². The molecule has 6 nitrogen and oxygen atoms in total. The van der Waals surface area contributed by atoms with E-state index in [0.717, 1.165) is 22.5 Å². The quantitative estimate of drug-likeness (QED) is 0.577.